The quantitative estimate of drug-likeness (QED) is 0.594. The number of aromatic hydroxyl groups is 3. The van der Waals surface area contributed by atoms with Gasteiger partial charge in [-0.05, 0) is 24.1 Å². The van der Waals surface area contributed by atoms with Crippen molar-refractivity contribution in [3.05, 3.63) is 47.3 Å². The molecule has 0 fully saturated rings. The maximum absolute atomic E-state index is 12.2. The van der Waals surface area contributed by atoms with Crippen LogP contribution in [0.5, 0.6) is 23.0 Å². The average molecular weight is 302 g/mol. The highest BCUT2D eigenvalue weighted by atomic mass is 16.5. The first-order chi connectivity index (χ1) is 10.5. The molecule has 0 bridgehead atoms. The summed E-state index contributed by atoms with van der Waals surface area (Å²) in [6, 6.07) is 1.11. The molecular weight excluding hydrogens is 288 g/mol. The molecule has 1 aliphatic carbocycles. The summed E-state index contributed by atoms with van der Waals surface area (Å²) >= 11 is 0. The number of allylic oxidation sites excluding steroid dienone is 4. The molecule has 1 heterocycles. The van der Waals surface area contributed by atoms with Crippen molar-refractivity contribution in [1.82, 2.24) is 0 Å². The van der Waals surface area contributed by atoms with Crippen LogP contribution in [-0.2, 0) is 0 Å². The fraction of sp³-hybridized carbons (Fsp3) is 0.188. The van der Waals surface area contributed by atoms with Gasteiger partial charge >= 0.3 is 0 Å². The summed E-state index contributed by atoms with van der Waals surface area (Å²) in [5.74, 6) is -2.23. The van der Waals surface area contributed by atoms with Gasteiger partial charge in [-0.25, -0.2) is 0 Å². The molecule has 1 aromatic carbocycles. The Morgan fingerprint density at radius 2 is 1.86 bits per heavy atom. The van der Waals surface area contributed by atoms with E-state index in [1.165, 1.54) is 6.08 Å². The topological polar surface area (TPSA) is 107 Å². The molecule has 0 radical (unpaired) electrons. The zero-order valence-corrected chi connectivity index (χ0v) is 11.5. The van der Waals surface area contributed by atoms with E-state index < -0.39 is 23.4 Å². The van der Waals surface area contributed by atoms with Gasteiger partial charge in [0.15, 0.2) is 17.3 Å². The molecule has 0 spiro atoms. The van der Waals surface area contributed by atoms with Crippen molar-refractivity contribution in [2.24, 2.45) is 0 Å². The minimum atomic E-state index is -0.737. The van der Waals surface area contributed by atoms with Crippen LogP contribution >= 0.6 is 0 Å². The van der Waals surface area contributed by atoms with E-state index in [-0.39, 0.29) is 29.3 Å². The number of ether oxygens (including phenoxy) is 1. The summed E-state index contributed by atoms with van der Waals surface area (Å²) in [6.07, 6.45) is 6.43. The predicted molar refractivity (Wildman–Crippen MR) is 77.4 cm³/mol. The smallest absolute Gasteiger partial charge is 0.201 e. The van der Waals surface area contributed by atoms with Crippen LogP contribution in [0.4, 0.5) is 0 Å². The number of benzene rings is 1. The van der Waals surface area contributed by atoms with Gasteiger partial charge in [0.2, 0.25) is 5.75 Å². The third kappa shape index (κ3) is 2.28. The number of hydrogen-bond acceptors (Lipinski definition) is 6. The summed E-state index contributed by atoms with van der Waals surface area (Å²) in [6.45, 7) is 0. The largest absolute Gasteiger partial charge is 0.508 e. The summed E-state index contributed by atoms with van der Waals surface area (Å²) in [4.78, 5) is 12.2. The fourth-order valence-corrected chi connectivity index (χ4v) is 2.53. The molecule has 0 aromatic heterocycles. The molecule has 1 aromatic rings. The van der Waals surface area contributed by atoms with E-state index in [4.69, 9.17) is 4.74 Å². The second-order valence-corrected chi connectivity index (χ2v) is 5.14. The van der Waals surface area contributed by atoms with Gasteiger partial charge in [-0.1, -0.05) is 12.2 Å². The molecule has 1 unspecified atom stereocenters. The first-order valence-electron chi connectivity index (χ1n) is 6.71. The Morgan fingerprint density at radius 1 is 1.09 bits per heavy atom. The van der Waals surface area contributed by atoms with E-state index in [1.54, 1.807) is 18.2 Å². The van der Waals surface area contributed by atoms with Gasteiger partial charge in [-0.15, -0.1) is 0 Å². The molecule has 114 valence electrons. The number of ketones is 1. The van der Waals surface area contributed by atoms with Crippen molar-refractivity contribution in [1.29, 1.82) is 0 Å². The second kappa shape index (κ2) is 5.14. The molecule has 2 aliphatic rings. The predicted octanol–water partition coefficient (Wildman–Crippen LogP) is 2.47. The number of hydrogen-bond donors (Lipinski definition) is 4. The molecule has 22 heavy (non-hydrogen) atoms. The fourth-order valence-electron chi connectivity index (χ4n) is 2.53. The van der Waals surface area contributed by atoms with Gasteiger partial charge < -0.3 is 25.2 Å². The van der Waals surface area contributed by atoms with Crippen LogP contribution < -0.4 is 4.74 Å². The summed E-state index contributed by atoms with van der Waals surface area (Å²) < 4.78 is 5.68. The van der Waals surface area contributed by atoms with Crippen LogP contribution in [0.3, 0.4) is 0 Å². The van der Waals surface area contributed by atoms with Crippen molar-refractivity contribution >= 4 is 5.78 Å². The summed E-state index contributed by atoms with van der Waals surface area (Å²) in [5, 5.41) is 38.3. The molecule has 4 N–H and O–H groups in total. The lowest BCUT2D eigenvalue weighted by Crippen LogP contribution is -2.28. The Balaban J connectivity index is 1.98. The third-order valence-electron chi connectivity index (χ3n) is 3.66. The van der Waals surface area contributed by atoms with Crippen molar-refractivity contribution < 1.29 is 30.0 Å². The maximum Gasteiger partial charge on any atom is 0.201 e. The number of aliphatic hydroxyl groups is 1. The number of carbonyl (C=O) groups is 1. The number of aliphatic hydroxyl groups excluding tert-OH is 1. The lowest BCUT2D eigenvalue weighted by Gasteiger charge is -2.27. The normalized spacial score (nSPS) is 20.5. The van der Waals surface area contributed by atoms with Crippen LogP contribution in [0.15, 0.2) is 41.7 Å². The average Bonchev–Trinajstić information content (AvgIpc) is 2.69. The Kier molecular flexibility index (Phi) is 3.29. The van der Waals surface area contributed by atoms with Gasteiger partial charge in [-0.3, -0.25) is 4.79 Å². The zero-order valence-electron chi connectivity index (χ0n) is 11.5. The van der Waals surface area contributed by atoms with Gasteiger partial charge in [0, 0.05) is 6.07 Å². The highest BCUT2D eigenvalue weighted by molar-refractivity contribution is 6.03. The monoisotopic (exact) mass is 302 g/mol. The van der Waals surface area contributed by atoms with Gasteiger partial charge in [0.1, 0.15) is 23.2 Å². The number of phenolic OH excluding ortho intramolecular Hbond substituents is 3. The van der Waals surface area contributed by atoms with Crippen LogP contribution in [0.25, 0.3) is 0 Å². The maximum atomic E-state index is 12.2. The Hall–Kier alpha value is -2.89. The van der Waals surface area contributed by atoms with E-state index in [1.807, 2.05) is 0 Å². The lowest BCUT2D eigenvalue weighted by atomic mass is 9.93. The Morgan fingerprint density at radius 3 is 2.64 bits per heavy atom. The van der Waals surface area contributed by atoms with Gasteiger partial charge in [0.05, 0.1) is 6.42 Å². The Labute approximate surface area is 125 Å². The first kappa shape index (κ1) is 14.1. The molecule has 6 heteroatoms. The summed E-state index contributed by atoms with van der Waals surface area (Å²) in [5.41, 5.74) is 0.654. The van der Waals surface area contributed by atoms with Crippen LogP contribution in [0.2, 0.25) is 0 Å². The van der Waals surface area contributed by atoms with Crippen LogP contribution in [-0.4, -0.2) is 32.3 Å². The van der Waals surface area contributed by atoms with Crippen molar-refractivity contribution in [3.63, 3.8) is 0 Å². The van der Waals surface area contributed by atoms with Crippen LogP contribution in [0, 0.1) is 0 Å². The SMILES string of the molecule is O=C1CC(C2=CC=C(O)C=CC2)Oc2cc(O)c(O)c(O)c21. The first-order valence-corrected chi connectivity index (χ1v) is 6.71. The molecule has 0 amide bonds. The van der Waals surface area contributed by atoms with Crippen LogP contribution in [0.1, 0.15) is 23.2 Å². The van der Waals surface area contributed by atoms with E-state index >= 15 is 0 Å². The van der Waals surface area contributed by atoms with E-state index in [0.717, 1.165) is 11.6 Å². The van der Waals surface area contributed by atoms with Crippen molar-refractivity contribution in [3.8, 4) is 23.0 Å². The second-order valence-electron chi connectivity index (χ2n) is 5.14. The van der Waals surface area contributed by atoms with Gasteiger partial charge in [0.25, 0.3) is 0 Å². The van der Waals surface area contributed by atoms with E-state index in [9.17, 15) is 25.2 Å². The number of phenols is 3. The lowest BCUT2D eigenvalue weighted by molar-refractivity contribution is 0.0877. The van der Waals surface area contributed by atoms with Crippen molar-refractivity contribution in [2.45, 2.75) is 18.9 Å². The molecule has 3 rings (SSSR count). The highest BCUT2D eigenvalue weighted by Gasteiger charge is 2.33. The highest BCUT2D eigenvalue weighted by Crippen LogP contribution is 2.46. The molecule has 1 atom stereocenters. The number of Topliss-reactive ketones (excluding diaryl/α,β-unsaturated/α-hetero) is 1. The molecular formula is C16H14O6. The number of fused-ring (bicyclic) bond motifs is 1. The minimum Gasteiger partial charge on any atom is -0.508 e. The van der Waals surface area contributed by atoms with E-state index in [0.29, 0.717) is 6.42 Å². The molecule has 0 saturated heterocycles. The standard InChI is InChI=1S/C16H14O6/c17-9-3-1-2-8(4-5-9)12-6-10(18)14-13(22-12)7-11(19)15(20)16(14)21/h1,3-5,7,12,17,19-21H,2,6H2. The minimum absolute atomic E-state index is 0.000942. The number of carbonyl (C=O) groups excluding carboxylic acids is 1. The number of rotatable bonds is 1. The third-order valence-corrected chi connectivity index (χ3v) is 3.66. The summed E-state index contributed by atoms with van der Waals surface area (Å²) in [7, 11) is 0. The Bertz CT molecular complexity index is 741. The molecule has 0 saturated carbocycles. The molecule has 1 aliphatic heterocycles. The van der Waals surface area contributed by atoms with E-state index in [2.05, 4.69) is 0 Å². The van der Waals surface area contributed by atoms with Crippen molar-refractivity contribution in [2.75, 3.05) is 0 Å². The molecule has 6 nitrogen and oxygen atoms in total. The van der Waals surface area contributed by atoms with Gasteiger partial charge in [-0.2, -0.15) is 0 Å². The zero-order chi connectivity index (χ0) is 15.9.